The average molecular weight is 324 g/mol. The van der Waals surface area contributed by atoms with Gasteiger partial charge in [-0.1, -0.05) is 12.1 Å². The summed E-state index contributed by atoms with van der Waals surface area (Å²) in [6.45, 7) is 2.73. The molecule has 1 aliphatic carbocycles. The number of aromatic nitrogens is 3. The molecule has 0 bridgehead atoms. The molecule has 1 heterocycles. The second-order valence-electron chi connectivity index (χ2n) is 5.33. The SMILES string of the molecule is CCn1cnnc1CNS(=O)(=O)[C@H]1C[C@@H]1c1cccc(F)c1. The molecule has 3 rings (SSSR count). The summed E-state index contributed by atoms with van der Waals surface area (Å²) in [4.78, 5) is 0. The lowest BCUT2D eigenvalue weighted by Crippen LogP contribution is -2.28. The van der Waals surface area contributed by atoms with Crippen molar-refractivity contribution in [1.82, 2.24) is 19.5 Å². The Bertz CT molecular complexity index is 775. The second-order valence-corrected chi connectivity index (χ2v) is 7.32. The molecular formula is C14H17FN4O2S. The fraction of sp³-hybridized carbons (Fsp3) is 0.429. The van der Waals surface area contributed by atoms with Gasteiger partial charge >= 0.3 is 0 Å². The predicted molar refractivity (Wildman–Crippen MR) is 79.0 cm³/mol. The zero-order chi connectivity index (χ0) is 15.7. The van der Waals surface area contributed by atoms with Crippen LogP contribution in [0.2, 0.25) is 0 Å². The number of aryl methyl sites for hydroxylation is 1. The number of halogens is 1. The molecule has 6 nitrogen and oxygen atoms in total. The number of nitrogens with one attached hydrogen (secondary N) is 1. The number of sulfonamides is 1. The van der Waals surface area contributed by atoms with Crippen LogP contribution in [0.1, 0.15) is 30.7 Å². The Hall–Kier alpha value is -1.80. The Morgan fingerprint density at radius 1 is 1.45 bits per heavy atom. The Morgan fingerprint density at radius 3 is 3.00 bits per heavy atom. The van der Waals surface area contributed by atoms with E-state index in [2.05, 4.69) is 14.9 Å². The summed E-state index contributed by atoms with van der Waals surface area (Å²) in [6, 6.07) is 6.11. The highest BCUT2D eigenvalue weighted by molar-refractivity contribution is 7.90. The van der Waals surface area contributed by atoms with E-state index in [-0.39, 0.29) is 18.3 Å². The van der Waals surface area contributed by atoms with E-state index in [1.165, 1.54) is 12.1 Å². The van der Waals surface area contributed by atoms with E-state index in [1.54, 1.807) is 23.0 Å². The monoisotopic (exact) mass is 324 g/mol. The van der Waals surface area contributed by atoms with Crippen molar-refractivity contribution in [2.45, 2.75) is 37.6 Å². The molecule has 0 amide bonds. The van der Waals surface area contributed by atoms with Gasteiger partial charge in [0.2, 0.25) is 10.0 Å². The van der Waals surface area contributed by atoms with Gasteiger partial charge in [0.05, 0.1) is 11.8 Å². The van der Waals surface area contributed by atoms with E-state index in [0.717, 1.165) is 5.56 Å². The largest absolute Gasteiger partial charge is 0.317 e. The average Bonchev–Trinajstić information content (AvgIpc) is 3.18. The molecule has 1 aromatic heterocycles. The highest BCUT2D eigenvalue weighted by Gasteiger charge is 2.48. The van der Waals surface area contributed by atoms with Crippen LogP contribution in [-0.2, 0) is 23.1 Å². The van der Waals surface area contributed by atoms with Gasteiger partial charge in [-0.2, -0.15) is 0 Å². The lowest BCUT2D eigenvalue weighted by molar-refractivity contribution is 0.573. The normalized spacial score (nSPS) is 21.0. The first-order chi connectivity index (χ1) is 10.5. The standard InChI is InChI=1S/C14H17FN4O2S/c1-2-19-9-16-18-14(19)8-17-22(20,21)13-7-12(13)10-4-3-5-11(15)6-10/h3-6,9,12-13,17H,2,7-8H2,1H3/t12-,13+/m1/s1. The van der Waals surface area contributed by atoms with Gasteiger partial charge in [-0.15, -0.1) is 10.2 Å². The van der Waals surface area contributed by atoms with Crippen LogP contribution in [-0.4, -0.2) is 28.4 Å². The van der Waals surface area contributed by atoms with Gasteiger partial charge in [-0.05, 0) is 31.0 Å². The van der Waals surface area contributed by atoms with Crippen molar-refractivity contribution < 1.29 is 12.8 Å². The van der Waals surface area contributed by atoms with E-state index in [1.807, 2.05) is 6.92 Å². The van der Waals surface area contributed by atoms with Crippen molar-refractivity contribution in [3.8, 4) is 0 Å². The second kappa shape index (κ2) is 5.77. The maximum absolute atomic E-state index is 13.2. The highest BCUT2D eigenvalue weighted by Crippen LogP contribution is 2.45. The fourth-order valence-corrected chi connectivity index (χ4v) is 4.15. The number of rotatable bonds is 6. The Balaban J connectivity index is 1.65. The van der Waals surface area contributed by atoms with Gasteiger partial charge in [-0.25, -0.2) is 17.5 Å². The number of hydrogen-bond acceptors (Lipinski definition) is 4. The summed E-state index contributed by atoms with van der Waals surface area (Å²) < 4.78 is 42.1. The molecule has 2 aromatic rings. The lowest BCUT2D eigenvalue weighted by atomic mass is 10.1. The molecule has 1 N–H and O–H groups in total. The van der Waals surface area contributed by atoms with Gasteiger partial charge in [0.1, 0.15) is 18.0 Å². The minimum absolute atomic E-state index is 0.114. The van der Waals surface area contributed by atoms with Crippen LogP contribution in [0.5, 0.6) is 0 Å². The zero-order valence-corrected chi connectivity index (χ0v) is 12.9. The molecule has 1 fully saturated rings. The van der Waals surface area contributed by atoms with Crippen molar-refractivity contribution in [3.63, 3.8) is 0 Å². The number of benzene rings is 1. The van der Waals surface area contributed by atoms with Crippen LogP contribution in [0.3, 0.4) is 0 Å². The zero-order valence-electron chi connectivity index (χ0n) is 12.1. The molecule has 0 aliphatic heterocycles. The summed E-state index contributed by atoms with van der Waals surface area (Å²) in [5.74, 6) is 0.0934. The maximum atomic E-state index is 13.2. The summed E-state index contributed by atoms with van der Waals surface area (Å²) in [6.07, 6.45) is 2.08. The first-order valence-corrected chi connectivity index (χ1v) is 8.66. The Morgan fingerprint density at radius 2 is 2.27 bits per heavy atom. The summed E-state index contributed by atoms with van der Waals surface area (Å²) in [7, 11) is -3.45. The van der Waals surface area contributed by atoms with E-state index >= 15 is 0 Å². The summed E-state index contributed by atoms with van der Waals surface area (Å²) in [5.41, 5.74) is 0.729. The molecule has 0 spiro atoms. The quantitative estimate of drug-likeness (QED) is 0.871. The molecule has 0 radical (unpaired) electrons. The van der Waals surface area contributed by atoms with Crippen LogP contribution in [0.4, 0.5) is 4.39 Å². The Labute approximate surface area is 128 Å². The topological polar surface area (TPSA) is 76.9 Å². The van der Waals surface area contributed by atoms with Crippen LogP contribution in [0.15, 0.2) is 30.6 Å². The van der Waals surface area contributed by atoms with E-state index in [4.69, 9.17) is 0 Å². The van der Waals surface area contributed by atoms with Gasteiger partial charge in [0.25, 0.3) is 0 Å². The smallest absolute Gasteiger partial charge is 0.215 e. The summed E-state index contributed by atoms with van der Waals surface area (Å²) >= 11 is 0. The van der Waals surface area contributed by atoms with Gasteiger partial charge in [0.15, 0.2) is 0 Å². The minimum atomic E-state index is -3.45. The van der Waals surface area contributed by atoms with Crippen LogP contribution in [0, 0.1) is 5.82 Å². The third-order valence-electron chi connectivity index (χ3n) is 3.88. The van der Waals surface area contributed by atoms with Crippen molar-refractivity contribution in [2.24, 2.45) is 0 Å². The fourth-order valence-electron chi connectivity index (χ4n) is 2.55. The van der Waals surface area contributed by atoms with Crippen LogP contribution >= 0.6 is 0 Å². The number of hydrogen-bond donors (Lipinski definition) is 1. The minimum Gasteiger partial charge on any atom is -0.317 e. The molecule has 1 saturated carbocycles. The lowest BCUT2D eigenvalue weighted by Gasteiger charge is -2.07. The molecule has 118 valence electrons. The van der Waals surface area contributed by atoms with Crippen molar-refractivity contribution in [3.05, 3.63) is 47.8 Å². The number of nitrogens with zero attached hydrogens (tertiary/aromatic N) is 3. The van der Waals surface area contributed by atoms with E-state index < -0.39 is 15.3 Å². The molecule has 22 heavy (non-hydrogen) atoms. The molecule has 0 saturated heterocycles. The molecule has 2 atom stereocenters. The first kappa shape index (κ1) is 15.1. The first-order valence-electron chi connectivity index (χ1n) is 7.12. The van der Waals surface area contributed by atoms with Crippen LogP contribution in [0.25, 0.3) is 0 Å². The van der Waals surface area contributed by atoms with Gasteiger partial charge < -0.3 is 4.57 Å². The molecule has 1 aromatic carbocycles. The molecule has 8 heteroatoms. The summed E-state index contributed by atoms with van der Waals surface area (Å²) in [5, 5.41) is 7.15. The maximum Gasteiger partial charge on any atom is 0.215 e. The van der Waals surface area contributed by atoms with E-state index in [0.29, 0.717) is 18.8 Å². The molecular weight excluding hydrogens is 307 g/mol. The highest BCUT2D eigenvalue weighted by atomic mass is 32.2. The third-order valence-corrected chi connectivity index (χ3v) is 5.74. The van der Waals surface area contributed by atoms with Gasteiger partial charge in [-0.3, -0.25) is 0 Å². The predicted octanol–water partition coefficient (Wildman–Crippen LogP) is 1.41. The molecule has 0 unspecified atom stereocenters. The third kappa shape index (κ3) is 3.02. The Kier molecular flexibility index (Phi) is 3.96. The van der Waals surface area contributed by atoms with Crippen molar-refractivity contribution >= 4 is 10.0 Å². The van der Waals surface area contributed by atoms with Crippen molar-refractivity contribution in [2.75, 3.05) is 0 Å². The van der Waals surface area contributed by atoms with Gasteiger partial charge in [0, 0.05) is 12.5 Å². The van der Waals surface area contributed by atoms with E-state index in [9.17, 15) is 12.8 Å². The van der Waals surface area contributed by atoms with Crippen LogP contribution < -0.4 is 4.72 Å². The van der Waals surface area contributed by atoms with Crippen molar-refractivity contribution in [1.29, 1.82) is 0 Å². The molecule has 1 aliphatic rings.